The molecule has 1 aliphatic carbocycles. The maximum atomic E-state index is 9.55. The van der Waals surface area contributed by atoms with Crippen molar-refractivity contribution >= 4 is 23.2 Å². The van der Waals surface area contributed by atoms with Crippen LogP contribution in [-0.2, 0) is 6.42 Å². The van der Waals surface area contributed by atoms with Gasteiger partial charge in [0.15, 0.2) is 0 Å². The predicted octanol–water partition coefficient (Wildman–Crippen LogP) is 4.01. The number of aliphatic hydroxyl groups excluding tert-OH is 1. The van der Waals surface area contributed by atoms with Gasteiger partial charge >= 0.3 is 0 Å². The molecule has 1 aliphatic rings. The molecule has 2 rings (SSSR count). The van der Waals surface area contributed by atoms with Crippen LogP contribution in [0.3, 0.4) is 0 Å². The van der Waals surface area contributed by atoms with Gasteiger partial charge in [0.2, 0.25) is 0 Å². The second kappa shape index (κ2) is 5.22. The van der Waals surface area contributed by atoms with E-state index in [4.69, 9.17) is 23.2 Å². The molecule has 16 heavy (non-hydrogen) atoms. The average molecular weight is 257 g/mol. The van der Waals surface area contributed by atoms with Crippen LogP contribution in [0.15, 0.2) is 29.8 Å². The van der Waals surface area contributed by atoms with Crippen molar-refractivity contribution in [2.45, 2.75) is 31.8 Å². The fourth-order valence-electron chi connectivity index (χ4n) is 2.05. The van der Waals surface area contributed by atoms with Crippen LogP contribution in [0.4, 0.5) is 0 Å². The van der Waals surface area contributed by atoms with Crippen LogP contribution in [-0.4, -0.2) is 11.2 Å². The van der Waals surface area contributed by atoms with E-state index in [2.05, 4.69) is 0 Å². The van der Waals surface area contributed by atoms with Gasteiger partial charge < -0.3 is 5.11 Å². The van der Waals surface area contributed by atoms with Crippen LogP contribution in [0.25, 0.3) is 0 Å². The minimum atomic E-state index is -0.290. The highest BCUT2D eigenvalue weighted by atomic mass is 35.5. The smallest absolute Gasteiger partial charge is 0.0723 e. The Balaban J connectivity index is 2.17. The normalized spacial score (nSPS) is 20.7. The summed E-state index contributed by atoms with van der Waals surface area (Å²) in [6.07, 6.45) is 5.40. The van der Waals surface area contributed by atoms with Gasteiger partial charge in [0.25, 0.3) is 0 Å². The largest absolute Gasteiger partial charge is 0.389 e. The molecule has 0 fully saturated rings. The molecular formula is C13H14Cl2O. The van der Waals surface area contributed by atoms with Gasteiger partial charge in [0.1, 0.15) is 0 Å². The maximum absolute atomic E-state index is 9.55. The van der Waals surface area contributed by atoms with Crippen molar-refractivity contribution < 1.29 is 5.11 Å². The third kappa shape index (κ3) is 2.79. The van der Waals surface area contributed by atoms with Crippen molar-refractivity contribution in [1.29, 1.82) is 0 Å². The van der Waals surface area contributed by atoms with Gasteiger partial charge in [-0.25, -0.2) is 0 Å². The summed E-state index contributed by atoms with van der Waals surface area (Å²) in [7, 11) is 0. The first-order chi connectivity index (χ1) is 7.66. The highest BCUT2D eigenvalue weighted by Gasteiger charge is 2.13. The zero-order valence-corrected chi connectivity index (χ0v) is 10.4. The fraction of sp³-hybridized carbons (Fsp3) is 0.385. The molecule has 1 unspecified atom stereocenters. The van der Waals surface area contributed by atoms with E-state index in [1.165, 1.54) is 5.57 Å². The molecule has 0 saturated heterocycles. The van der Waals surface area contributed by atoms with Gasteiger partial charge in [-0.05, 0) is 37.3 Å². The van der Waals surface area contributed by atoms with Crippen molar-refractivity contribution in [3.63, 3.8) is 0 Å². The van der Waals surface area contributed by atoms with Crippen molar-refractivity contribution in [2.24, 2.45) is 0 Å². The van der Waals surface area contributed by atoms with Crippen molar-refractivity contribution in [3.05, 3.63) is 45.5 Å². The molecular weight excluding hydrogens is 243 g/mol. The summed E-state index contributed by atoms with van der Waals surface area (Å²) in [6.45, 7) is 0. The Morgan fingerprint density at radius 1 is 1.31 bits per heavy atom. The van der Waals surface area contributed by atoms with E-state index in [-0.39, 0.29) is 6.10 Å². The molecule has 0 radical (unpaired) electrons. The SMILES string of the molecule is OC1C=C(Cc2cccc(Cl)c2Cl)CCC1. The molecule has 0 heterocycles. The number of aliphatic hydroxyl groups is 1. The number of rotatable bonds is 2. The molecule has 0 saturated carbocycles. The predicted molar refractivity (Wildman–Crippen MR) is 68.1 cm³/mol. The lowest BCUT2D eigenvalue weighted by atomic mass is 9.93. The lowest BCUT2D eigenvalue weighted by Crippen LogP contribution is -2.10. The first-order valence-corrected chi connectivity index (χ1v) is 6.23. The van der Waals surface area contributed by atoms with Gasteiger partial charge in [0.05, 0.1) is 16.1 Å². The Morgan fingerprint density at radius 2 is 2.12 bits per heavy atom. The van der Waals surface area contributed by atoms with Gasteiger partial charge in [-0.3, -0.25) is 0 Å². The Hall–Kier alpha value is -0.500. The first-order valence-electron chi connectivity index (χ1n) is 5.47. The highest BCUT2D eigenvalue weighted by molar-refractivity contribution is 6.42. The molecule has 0 bridgehead atoms. The fourth-order valence-corrected chi connectivity index (χ4v) is 2.44. The third-order valence-electron chi connectivity index (χ3n) is 2.87. The van der Waals surface area contributed by atoms with E-state index in [0.29, 0.717) is 10.0 Å². The van der Waals surface area contributed by atoms with Gasteiger partial charge in [0, 0.05) is 0 Å². The average Bonchev–Trinajstić information content (AvgIpc) is 2.25. The minimum Gasteiger partial charge on any atom is -0.389 e. The van der Waals surface area contributed by atoms with E-state index in [9.17, 15) is 5.11 Å². The summed E-state index contributed by atoms with van der Waals surface area (Å²) < 4.78 is 0. The number of halogens is 2. The van der Waals surface area contributed by atoms with E-state index < -0.39 is 0 Å². The molecule has 86 valence electrons. The Morgan fingerprint density at radius 3 is 2.88 bits per heavy atom. The standard InChI is InChI=1S/C13H14Cl2O/c14-12-6-2-4-10(13(12)15)7-9-3-1-5-11(16)8-9/h2,4,6,8,11,16H,1,3,5,7H2. The molecule has 1 N–H and O–H groups in total. The minimum absolute atomic E-state index is 0.290. The Bertz CT molecular complexity index is 412. The second-order valence-corrected chi connectivity index (χ2v) is 4.96. The van der Waals surface area contributed by atoms with Crippen molar-refractivity contribution in [3.8, 4) is 0 Å². The molecule has 0 amide bonds. The van der Waals surface area contributed by atoms with Gasteiger partial charge in [-0.2, -0.15) is 0 Å². The van der Waals surface area contributed by atoms with Crippen LogP contribution < -0.4 is 0 Å². The molecule has 0 aromatic heterocycles. The molecule has 0 aliphatic heterocycles. The lowest BCUT2D eigenvalue weighted by molar-refractivity contribution is 0.202. The number of hydrogen-bond acceptors (Lipinski definition) is 1. The second-order valence-electron chi connectivity index (χ2n) is 4.17. The quantitative estimate of drug-likeness (QED) is 0.794. The summed E-state index contributed by atoms with van der Waals surface area (Å²) in [5, 5.41) is 10.8. The van der Waals surface area contributed by atoms with Crippen molar-refractivity contribution in [1.82, 2.24) is 0 Å². The molecule has 1 nitrogen and oxygen atoms in total. The topological polar surface area (TPSA) is 20.2 Å². The lowest BCUT2D eigenvalue weighted by Gasteiger charge is -2.17. The summed E-state index contributed by atoms with van der Waals surface area (Å²) in [5.74, 6) is 0. The Kier molecular flexibility index (Phi) is 3.91. The maximum Gasteiger partial charge on any atom is 0.0723 e. The van der Waals surface area contributed by atoms with E-state index in [0.717, 1.165) is 31.2 Å². The van der Waals surface area contributed by atoms with Crippen molar-refractivity contribution in [2.75, 3.05) is 0 Å². The number of allylic oxidation sites excluding steroid dienone is 1. The zero-order chi connectivity index (χ0) is 11.5. The van der Waals surface area contributed by atoms with E-state index in [1.54, 1.807) is 6.07 Å². The van der Waals surface area contributed by atoms with E-state index >= 15 is 0 Å². The van der Waals surface area contributed by atoms with Crippen LogP contribution >= 0.6 is 23.2 Å². The number of hydrogen-bond donors (Lipinski definition) is 1. The van der Waals surface area contributed by atoms with Crippen LogP contribution in [0.2, 0.25) is 10.0 Å². The molecule has 3 heteroatoms. The molecule has 1 aromatic rings. The van der Waals surface area contributed by atoms with Gasteiger partial charge in [-0.15, -0.1) is 0 Å². The molecule has 1 aromatic carbocycles. The summed E-state index contributed by atoms with van der Waals surface area (Å²) in [4.78, 5) is 0. The molecule has 1 atom stereocenters. The first kappa shape index (κ1) is 12.0. The summed E-state index contributed by atoms with van der Waals surface area (Å²) >= 11 is 12.1. The molecule has 0 spiro atoms. The Labute approximate surface area is 106 Å². The highest BCUT2D eigenvalue weighted by Crippen LogP contribution is 2.29. The van der Waals surface area contributed by atoms with Crippen LogP contribution in [0.5, 0.6) is 0 Å². The number of benzene rings is 1. The third-order valence-corrected chi connectivity index (χ3v) is 3.73. The van der Waals surface area contributed by atoms with Gasteiger partial charge in [-0.1, -0.05) is 47.0 Å². The summed E-state index contributed by atoms with van der Waals surface area (Å²) in [6, 6.07) is 5.68. The van der Waals surface area contributed by atoms with E-state index in [1.807, 2.05) is 18.2 Å². The monoisotopic (exact) mass is 256 g/mol. The van der Waals surface area contributed by atoms with Crippen LogP contribution in [0.1, 0.15) is 24.8 Å². The summed E-state index contributed by atoms with van der Waals surface area (Å²) in [5.41, 5.74) is 2.29. The zero-order valence-electron chi connectivity index (χ0n) is 8.92. The van der Waals surface area contributed by atoms with Crippen LogP contribution in [0, 0.1) is 0 Å².